The Bertz CT molecular complexity index is 1290. The minimum absolute atomic E-state index is 0.0577. The number of pyridine rings is 1. The van der Waals surface area contributed by atoms with Gasteiger partial charge in [-0.1, -0.05) is 37.6 Å². The van der Waals surface area contributed by atoms with Crippen molar-refractivity contribution < 1.29 is 18.0 Å². The Morgan fingerprint density at radius 2 is 1.72 bits per heavy atom. The number of sulfone groups is 1. The van der Waals surface area contributed by atoms with Crippen LogP contribution in [0.15, 0.2) is 78.0 Å². The molecule has 1 heterocycles. The number of benzene rings is 2. The molecule has 2 amide bonds. The first-order valence-corrected chi connectivity index (χ1v) is 14.0. The number of nitrogens with zero attached hydrogens (tertiary/aromatic N) is 2. The van der Waals surface area contributed by atoms with Gasteiger partial charge in [0.15, 0.2) is 14.9 Å². The van der Waals surface area contributed by atoms with E-state index in [-0.39, 0.29) is 34.9 Å². The lowest BCUT2D eigenvalue weighted by atomic mass is 10.1. The van der Waals surface area contributed by atoms with Crippen LogP contribution in [0, 0.1) is 5.92 Å². The average molecular weight is 506 g/mol. The van der Waals surface area contributed by atoms with Crippen molar-refractivity contribution in [2.75, 3.05) is 22.5 Å². The number of amides is 2. The summed E-state index contributed by atoms with van der Waals surface area (Å²) in [6.07, 6.45) is 5.30. The van der Waals surface area contributed by atoms with Crippen molar-refractivity contribution in [3.63, 3.8) is 0 Å². The van der Waals surface area contributed by atoms with Crippen molar-refractivity contribution in [3.8, 4) is 0 Å². The van der Waals surface area contributed by atoms with E-state index in [0.29, 0.717) is 23.4 Å². The van der Waals surface area contributed by atoms with Gasteiger partial charge < -0.3 is 10.2 Å². The molecule has 3 aromatic rings. The zero-order valence-electron chi connectivity index (χ0n) is 20.4. The van der Waals surface area contributed by atoms with Crippen LogP contribution in [0.5, 0.6) is 0 Å². The van der Waals surface area contributed by atoms with E-state index in [9.17, 15) is 18.0 Å². The summed E-state index contributed by atoms with van der Waals surface area (Å²) in [7, 11) is -3.37. The fourth-order valence-electron chi connectivity index (χ4n) is 3.89. The second-order valence-electron chi connectivity index (χ2n) is 9.18. The molecule has 1 aromatic heterocycles. The maximum atomic E-state index is 13.2. The van der Waals surface area contributed by atoms with E-state index >= 15 is 0 Å². The van der Waals surface area contributed by atoms with Crippen molar-refractivity contribution in [1.82, 2.24) is 4.98 Å². The molecule has 0 unspecified atom stereocenters. The number of hydrogen-bond donors (Lipinski definition) is 1. The van der Waals surface area contributed by atoms with Gasteiger partial charge in [0.1, 0.15) is 0 Å². The first-order chi connectivity index (χ1) is 17.4. The molecule has 1 aliphatic rings. The summed E-state index contributed by atoms with van der Waals surface area (Å²) in [4.78, 5) is 31.5. The van der Waals surface area contributed by atoms with Gasteiger partial charge in [0, 0.05) is 29.7 Å². The van der Waals surface area contributed by atoms with Crippen molar-refractivity contribution >= 4 is 33.0 Å². The maximum absolute atomic E-state index is 13.2. The molecule has 1 aliphatic carbocycles. The lowest BCUT2D eigenvalue weighted by Crippen LogP contribution is -2.31. The number of rotatable bonds is 11. The molecule has 1 N–H and O–H groups in total. The quantitative estimate of drug-likeness (QED) is 0.400. The summed E-state index contributed by atoms with van der Waals surface area (Å²) in [6, 6.07) is 19.5. The molecule has 0 spiro atoms. The number of aromatic nitrogens is 1. The number of unbranched alkanes of at least 4 members (excludes halogenated alkanes) is 1. The third-order valence-electron chi connectivity index (χ3n) is 6.10. The minimum Gasteiger partial charge on any atom is -0.326 e. The number of carbonyl (C=O) groups is 2. The number of hydrogen-bond acceptors (Lipinski definition) is 5. The molecule has 8 heteroatoms. The Hall–Kier alpha value is -3.52. The number of nitrogens with one attached hydrogen (secondary N) is 1. The highest BCUT2D eigenvalue weighted by Crippen LogP contribution is 2.31. The summed E-state index contributed by atoms with van der Waals surface area (Å²) < 4.78 is 24.7. The molecular weight excluding hydrogens is 474 g/mol. The Morgan fingerprint density at radius 3 is 2.33 bits per heavy atom. The fourth-order valence-corrected chi connectivity index (χ4v) is 5.51. The van der Waals surface area contributed by atoms with Crippen molar-refractivity contribution in [3.05, 3.63) is 84.1 Å². The molecule has 0 aliphatic heterocycles. The van der Waals surface area contributed by atoms with Crippen molar-refractivity contribution in [2.45, 2.75) is 44.1 Å². The predicted molar refractivity (Wildman–Crippen MR) is 141 cm³/mol. The summed E-state index contributed by atoms with van der Waals surface area (Å²) >= 11 is 0. The smallest absolute Gasteiger partial charge is 0.258 e. The molecule has 0 bridgehead atoms. The van der Waals surface area contributed by atoms with Gasteiger partial charge in [0.2, 0.25) is 5.91 Å². The number of para-hydroxylation sites is 1. The molecular formula is C28H31N3O4S. The highest BCUT2D eigenvalue weighted by Gasteiger charge is 2.29. The second-order valence-corrected chi connectivity index (χ2v) is 11.2. The van der Waals surface area contributed by atoms with E-state index in [1.54, 1.807) is 35.2 Å². The van der Waals surface area contributed by atoms with E-state index < -0.39 is 9.84 Å². The molecule has 0 saturated heterocycles. The zero-order valence-corrected chi connectivity index (χ0v) is 21.2. The monoisotopic (exact) mass is 505 g/mol. The average Bonchev–Trinajstić information content (AvgIpc) is 3.69. The maximum Gasteiger partial charge on any atom is 0.258 e. The number of carbonyl (C=O) groups excluding carboxylic acids is 2. The molecule has 1 fully saturated rings. The fraction of sp³-hybridized carbons (Fsp3) is 0.321. The Balaban J connectivity index is 1.36. The zero-order chi connectivity index (χ0) is 25.5. The summed E-state index contributed by atoms with van der Waals surface area (Å²) in [5.74, 6) is 0.0513. The Kier molecular flexibility index (Phi) is 8.15. The van der Waals surface area contributed by atoms with Gasteiger partial charge in [-0.2, -0.15) is 0 Å². The van der Waals surface area contributed by atoms with E-state index in [0.717, 1.165) is 31.4 Å². The molecule has 4 rings (SSSR count). The lowest BCUT2D eigenvalue weighted by Gasteiger charge is -2.23. The molecule has 7 nitrogen and oxygen atoms in total. The molecule has 0 radical (unpaired) electrons. The van der Waals surface area contributed by atoms with Gasteiger partial charge in [0.05, 0.1) is 12.2 Å². The van der Waals surface area contributed by atoms with Crippen LogP contribution in [-0.2, 0) is 21.1 Å². The van der Waals surface area contributed by atoms with Crippen LogP contribution in [0.3, 0.4) is 0 Å². The van der Waals surface area contributed by atoms with Gasteiger partial charge in [0.25, 0.3) is 5.91 Å². The van der Waals surface area contributed by atoms with Gasteiger partial charge in [-0.15, -0.1) is 0 Å². The van der Waals surface area contributed by atoms with Crippen LogP contribution in [0.2, 0.25) is 0 Å². The molecule has 188 valence electrons. The highest BCUT2D eigenvalue weighted by atomic mass is 32.2. The van der Waals surface area contributed by atoms with Gasteiger partial charge in [-0.25, -0.2) is 13.4 Å². The van der Waals surface area contributed by atoms with Crippen LogP contribution in [0.4, 0.5) is 11.4 Å². The van der Waals surface area contributed by atoms with E-state index in [2.05, 4.69) is 17.2 Å². The Morgan fingerprint density at radius 1 is 1.00 bits per heavy atom. The topological polar surface area (TPSA) is 96.4 Å². The first-order valence-electron chi connectivity index (χ1n) is 12.3. The van der Waals surface area contributed by atoms with E-state index in [1.165, 1.54) is 12.3 Å². The standard InChI is InChI=1S/C28H31N3O4S/c1-2-3-17-31(25-7-5-4-6-8-25)28(33)23-12-14-24(15-13-23)30-26(32)18-22-11-16-27(29-19-22)36(34,35)20-21-9-10-21/h4-8,11-16,19,21H,2-3,9-10,17-18,20H2,1H3,(H,30,32). The molecule has 36 heavy (non-hydrogen) atoms. The van der Waals surface area contributed by atoms with E-state index in [1.807, 2.05) is 30.3 Å². The minimum atomic E-state index is -3.37. The predicted octanol–water partition coefficient (Wildman–Crippen LogP) is 4.89. The Labute approximate surface area is 212 Å². The van der Waals surface area contributed by atoms with E-state index in [4.69, 9.17) is 0 Å². The second kappa shape index (κ2) is 11.5. The molecule has 0 atom stereocenters. The van der Waals surface area contributed by atoms with Crippen molar-refractivity contribution in [2.24, 2.45) is 5.92 Å². The summed E-state index contributed by atoms with van der Waals surface area (Å²) in [5.41, 5.74) is 2.60. The summed E-state index contributed by atoms with van der Waals surface area (Å²) in [5, 5.41) is 2.88. The van der Waals surface area contributed by atoms with Gasteiger partial charge in [-0.3, -0.25) is 9.59 Å². The third kappa shape index (κ3) is 6.79. The number of anilines is 2. The van der Waals surface area contributed by atoms with Crippen molar-refractivity contribution in [1.29, 1.82) is 0 Å². The lowest BCUT2D eigenvalue weighted by molar-refractivity contribution is -0.115. The molecule has 1 saturated carbocycles. The highest BCUT2D eigenvalue weighted by molar-refractivity contribution is 7.91. The van der Waals surface area contributed by atoms with Gasteiger partial charge >= 0.3 is 0 Å². The van der Waals surface area contributed by atoms with Crippen LogP contribution >= 0.6 is 0 Å². The van der Waals surface area contributed by atoms with Crippen LogP contribution in [0.25, 0.3) is 0 Å². The normalized spacial score (nSPS) is 13.2. The van der Waals surface area contributed by atoms with Crippen LogP contribution in [0.1, 0.15) is 48.5 Å². The van der Waals surface area contributed by atoms with Gasteiger partial charge in [-0.05, 0) is 73.2 Å². The molecule has 2 aromatic carbocycles. The first kappa shape index (κ1) is 25.6. The largest absolute Gasteiger partial charge is 0.326 e. The summed E-state index contributed by atoms with van der Waals surface area (Å²) in [6.45, 7) is 2.72. The van der Waals surface area contributed by atoms with Crippen LogP contribution < -0.4 is 10.2 Å². The SMILES string of the molecule is CCCCN(C(=O)c1ccc(NC(=O)Cc2ccc(S(=O)(=O)CC3CC3)nc2)cc1)c1ccccc1. The third-order valence-corrected chi connectivity index (χ3v) is 7.89. The van der Waals surface area contributed by atoms with Crippen LogP contribution in [-0.4, -0.2) is 37.5 Å².